The monoisotopic (exact) mass is 334 g/mol. The van der Waals surface area contributed by atoms with Crippen molar-refractivity contribution >= 4 is 11.7 Å². The quantitative estimate of drug-likeness (QED) is 0.774. The molecule has 0 aliphatic rings. The number of para-hydroxylation sites is 1. The van der Waals surface area contributed by atoms with Crippen molar-refractivity contribution in [3.63, 3.8) is 0 Å². The molecule has 1 aromatic heterocycles. The Balaban J connectivity index is 2.15. The Hall–Kier alpha value is -2.25. The lowest BCUT2D eigenvalue weighted by molar-refractivity contribution is -0.117. The van der Waals surface area contributed by atoms with E-state index in [1.54, 1.807) is 31.2 Å². The zero-order chi connectivity index (χ0) is 17.5. The summed E-state index contributed by atoms with van der Waals surface area (Å²) in [5, 5.41) is 16.1. The van der Waals surface area contributed by atoms with E-state index in [0.717, 1.165) is 13.0 Å². The average molecular weight is 334 g/mol. The number of benzene rings is 1. The molecule has 0 radical (unpaired) electrons. The van der Waals surface area contributed by atoms with Crippen molar-refractivity contribution in [1.82, 2.24) is 14.7 Å². The second kappa shape index (κ2) is 8.56. The van der Waals surface area contributed by atoms with Gasteiger partial charge in [-0.05, 0) is 32.0 Å². The molecular weight excluding hydrogens is 311 g/mol. The van der Waals surface area contributed by atoms with Crippen molar-refractivity contribution in [3.8, 4) is 5.69 Å². The molecule has 0 saturated carbocycles. The van der Waals surface area contributed by atoms with Crippen LogP contribution in [0.2, 0.25) is 0 Å². The Kier molecular flexibility index (Phi) is 6.45. The second-order valence-electron chi connectivity index (χ2n) is 5.58. The van der Waals surface area contributed by atoms with Gasteiger partial charge in [0.25, 0.3) is 0 Å². The number of nitrogens with one attached hydrogen (secondary N) is 1. The van der Waals surface area contributed by atoms with Crippen LogP contribution in [-0.2, 0) is 4.79 Å². The van der Waals surface area contributed by atoms with Gasteiger partial charge < -0.3 is 10.4 Å². The molecule has 2 N–H and O–H groups in total. The molecule has 7 heteroatoms. The maximum atomic E-state index is 14.0. The highest BCUT2D eigenvalue weighted by Crippen LogP contribution is 2.19. The fraction of sp³-hybridized carbons (Fsp3) is 0.412. The van der Waals surface area contributed by atoms with Gasteiger partial charge in [0.2, 0.25) is 5.91 Å². The Bertz CT molecular complexity index is 681. The standard InChI is InChI=1S/C17H23FN4O2/c1-3-8-21(9-10-23)12-17(24)19-16-11-13(2)20-22(16)15-7-5-4-6-14(15)18/h4-7,11,23H,3,8-10,12H2,1-2H3,(H,19,24). The van der Waals surface area contributed by atoms with Crippen molar-refractivity contribution in [2.45, 2.75) is 20.3 Å². The number of nitrogens with zero attached hydrogens (tertiary/aromatic N) is 3. The zero-order valence-electron chi connectivity index (χ0n) is 14.0. The number of amides is 1. The van der Waals surface area contributed by atoms with Crippen LogP contribution in [0.1, 0.15) is 19.0 Å². The molecule has 1 amide bonds. The summed E-state index contributed by atoms with van der Waals surface area (Å²) in [6, 6.07) is 7.96. The number of carbonyl (C=O) groups excluding carboxylic acids is 1. The van der Waals surface area contributed by atoms with E-state index in [1.807, 2.05) is 11.8 Å². The van der Waals surface area contributed by atoms with Gasteiger partial charge in [-0.2, -0.15) is 5.10 Å². The van der Waals surface area contributed by atoms with E-state index in [1.165, 1.54) is 10.7 Å². The average Bonchev–Trinajstić information content (AvgIpc) is 2.88. The largest absolute Gasteiger partial charge is 0.395 e. The number of aliphatic hydroxyl groups excluding tert-OH is 1. The number of hydrogen-bond acceptors (Lipinski definition) is 4. The summed E-state index contributed by atoms with van der Waals surface area (Å²) in [6.45, 7) is 5.11. The predicted molar refractivity (Wildman–Crippen MR) is 90.7 cm³/mol. The summed E-state index contributed by atoms with van der Waals surface area (Å²) in [6.07, 6.45) is 0.888. The first-order valence-electron chi connectivity index (χ1n) is 7.99. The van der Waals surface area contributed by atoms with E-state index in [2.05, 4.69) is 10.4 Å². The van der Waals surface area contributed by atoms with E-state index in [-0.39, 0.29) is 24.7 Å². The van der Waals surface area contributed by atoms with Gasteiger partial charge in [-0.25, -0.2) is 9.07 Å². The Morgan fingerprint density at radius 2 is 2.12 bits per heavy atom. The molecule has 0 atom stereocenters. The first-order chi connectivity index (χ1) is 11.5. The molecule has 1 aromatic carbocycles. The molecule has 0 bridgehead atoms. The minimum atomic E-state index is -0.413. The van der Waals surface area contributed by atoms with Crippen LogP contribution < -0.4 is 5.32 Å². The van der Waals surface area contributed by atoms with Crippen molar-refractivity contribution in [2.75, 3.05) is 31.6 Å². The third-order valence-electron chi connectivity index (χ3n) is 3.50. The lowest BCUT2D eigenvalue weighted by atomic mass is 10.3. The Morgan fingerprint density at radius 3 is 2.79 bits per heavy atom. The summed E-state index contributed by atoms with van der Waals surface area (Å²) in [7, 11) is 0. The van der Waals surface area contributed by atoms with Crippen LogP contribution in [0.4, 0.5) is 10.2 Å². The number of anilines is 1. The first kappa shape index (κ1) is 18.1. The number of halogens is 1. The van der Waals surface area contributed by atoms with E-state index in [9.17, 15) is 9.18 Å². The molecule has 0 saturated heterocycles. The number of hydrogen-bond donors (Lipinski definition) is 2. The maximum absolute atomic E-state index is 14.0. The van der Waals surface area contributed by atoms with E-state index < -0.39 is 5.82 Å². The predicted octanol–water partition coefficient (Wildman–Crippen LogP) is 1.96. The first-order valence-corrected chi connectivity index (χ1v) is 7.99. The Morgan fingerprint density at radius 1 is 1.38 bits per heavy atom. The molecule has 1 heterocycles. The zero-order valence-corrected chi connectivity index (χ0v) is 14.0. The molecule has 0 fully saturated rings. The van der Waals surface area contributed by atoms with Crippen LogP contribution in [0.25, 0.3) is 5.69 Å². The summed E-state index contributed by atoms with van der Waals surface area (Å²) >= 11 is 0. The van der Waals surface area contributed by atoms with E-state index in [0.29, 0.717) is 18.1 Å². The lowest BCUT2D eigenvalue weighted by Crippen LogP contribution is -2.36. The molecule has 0 aliphatic carbocycles. The molecule has 6 nitrogen and oxygen atoms in total. The fourth-order valence-corrected chi connectivity index (χ4v) is 2.51. The van der Waals surface area contributed by atoms with Crippen LogP contribution in [0.5, 0.6) is 0 Å². The fourth-order valence-electron chi connectivity index (χ4n) is 2.51. The Labute approximate surface area is 140 Å². The van der Waals surface area contributed by atoms with Crippen molar-refractivity contribution in [1.29, 1.82) is 0 Å². The molecule has 2 rings (SSSR count). The normalized spacial score (nSPS) is 11.0. The number of carbonyl (C=O) groups is 1. The highest BCUT2D eigenvalue weighted by Gasteiger charge is 2.15. The van der Waals surface area contributed by atoms with Gasteiger partial charge in [-0.15, -0.1) is 0 Å². The van der Waals surface area contributed by atoms with Crippen LogP contribution in [0.15, 0.2) is 30.3 Å². The molecular formula is C17H23FN4O2. The van der Waals surface area contributed by atoms with Gasteiger partial charge in [0.1, 0.15) is 17.3 Å². The molecule has 130 valence electrons. The maximum Gasteiger partial charge on any atom is 0.239 e. The third-order valence-corrected chi connectivity index (χ3v) is 3.50. The van der Waals surface area contributed by atoms with Crippen molar-refractivity contribution in [2.24, 2.45) is 0 Å². The highest BCUT2D eigenvalue weighted by atomic mass is 19.1. The van der Waals surface area contributed by atoms with Gasteiger partial charge in [0, 0.05) is 12.6 Å². The molecule has 2 aromatic rings. The SMILES string of the molecule is CCCN(CCO)CC(=O)Nc1cc(C)nn1-c1ccccc1F. The van der Waals surface area contributed by atoms with Gasteiger partial charge >= 0.3 is 0 Å². The highest BCUT2D eigenvalue weighted by molar-refractivity contribution is 5.91. The summed E-state index contributed by atoms with van der Waals surface area (Å²) < 4.78 is 15.4. The molecule has 0 aliphatic heterocycles. The summed E-state index contributed by atoms with van der Waals surface area (Å²) in [5.74, 6) is -0.221. The third kappa shape index (κ3) is 4.62. The molecule has 0 unspecified atom stereocenters. The molecule has 24 heavy (non-hydrogen) atoms. The summed E-state index contributed by atoms with van der Waals surface area (Å²) in [4.78, 5) is 14.1. The molecule has 0 spiro atoms. The van der Waals surface area contributed by atoms with Crippen LogP contribution in [0.3, 0.4) is 0 Å². The minimum absolute atomic E-state index is 0.000449. The van der Waals surface area contributed by atoms with Gasteiger partial charge in [0.15, 0.2) is 0 Å². The van der Waals surface area contributed by atoms with Gasteiger partial charge in [0.05, 0.1) is 18.8 Å². The van der Waals surface area contributed by atoms with E-state index >= 15 is 0 Å². The second-order valence-corrected chi connectivity index (χ2v) is 5.58. The van der Waals surface area contributed by atoms with Crippen LogP contribution in [-0.4, -0.2) is 51.9 Å². The van der Waals surface area contributed by atoms with Crippen LogP contribution >= 0.6 is 0 Å². The smallest absolute Gasteiger partial charge is 0.239 e. The van der Waals surface area contributed by atoms with Gasteiger partial charge in [-0.1, -0.05) is 19.1 Å². The number of aryl methyl sites for hydroxylation is 1. The topological polar surface area (TPSA) is 70.4 Å². The van der Waals surface area contributed by atoms with Crippen molar-refractivity contribution < 1.29 is 14.3 Å². The number of rotatable bonds is 8. The number of aliphatic hydroxyl groups is 1. The lowest BCUT2D eigenvalue weighted by Gasteiger charge is -2.19. The van der Waals surface area contributed by atoms with Gasteiger partial charge in [-0.3, -0.25) is 9.69 Å². The van der Waals surface area contributed by atoms with Crippen molar-refractivity contribution in [3.05, 3.63) is 41.8 Å². The number of aromatic nitrogens is 2. The minimum Gasteiger partial charge on any atom is -0.395 e. The summed E-state index contributed by atoms with van der Waals surface area (Å²) in [5.41, 5.74) is 0.955. The van der Waals surface area contributed by atoms with Crippen LogP contribution in [0, 0.1) is 12.7 Å². The van der Waals surface area contributed by atoms with E-state index in [4.69, 9.17) is 5.11 Å².